The summed E-state index contributed by atoms with van der Waals surface area (Å²) in [4.78, 5) is 57.7. The van der Waals surface area contributed by atoms with Gasteiger partial charge in [0.1, 0.15) is 11.8 Å². The van der Waals surface area contributed by atoms with Gasteiger partial charge in [0.15, 0.2) is 0 Å². The second kappa shape index (κ2) is 24.0. The van der Waals surface area contributed by atoms with Crippen molar-refractivity contribution in [1.82, 2.24) is 10.6 Å². The molecular weight excluding hydrogens is 536 g/mol. The van der Waals surface area contributed by atoms with Crippen LogP contribution in [-0.4, -0.2) is 52.3 Å². The monoisotopic (exact) mass is 594 g/mol. The standard InChI is InChI=1S/C33H58N2O7/c1-26(36)24-29(33(41)42)35-32(40)28-22-20-27(21-23-28)25-34-30(37)18-16-14-12-10-8-6-4-2-3-5-7-9-11-13-15-17-19-31(38)39/h27-29H,2-25H2,1H3,(H,34,37)(H,35,40)(H,38,39)(H,41,42)/t27?,28?,29-/m0/s1. The number of hydrogen-bond donors (Lipinski definition) is 4. The third-order valence-electron chi connectivity index (χ3n) is 8.46. The average Bonchev–Trinajstić information content (AvgIpc) is 2.94. The summed E-state index contributed by atoms with van der Waals surface area (Å²) in [6.45, 7) is 1.94. The van der Waals surface area contributed by atoms with Gasteiger partial charge in [0, 0.05) is 31.7 Å². The third-order valence-corrected chi connectivity index (χ3v) is 8.46. The Morgan fingerprint density at radius 3 is 1.48 bits per heavy atom. The number of Topliss-reactive ketones (excluding diaryl/α,β-unsaturated/α-hetero) is 1. The molecule has 1 rings (SSSR count). The predicted molar refractivity (Wildman–Crippen MR) is 164 cm³/mol. The maximum Gasteiger partial charge on any atom is 0.326 e. The molecule has 0 aromatic heterocycles. The van der Waals surface area contributed by atoms with Crippen LogP contribution in [0.5, 0.6) is 0 Å². The van der Waals surface area contributed by atoms with Crippen LogP contribution >= 0.6 is 0 Å². The predicted octanol–water partition coefficient (Wildman–Crippen LogP) is 6.56. The van der Waals surface area contributed by atoms with Gasteiger partial charge in [-0.05, 0) is 51.4 Å². The number of carboxylic acids is 2. The van der Waals surface area contributed by atoms with E-state index in [1.165, 1.54) is 77.6 Å². The molecule has 1 aliphatic carbocycles. The summed E-state index contributed by atoms with van der Waals surface area (Å²) in [6, 6.07) is -1.17. The molecule has 0 radical (unpaired) electrons. The van der Waals surface area contributed by atoms with E-state index in [4.69, 9.17) is 5.11 Å². The average molecular weight is 595 g/mol. The highest BCUT2D eigenvalue weighted by atomic mass is 16.4. The second-order valence-corrected chi connectivity index (χ2v) is 12.4. The first kappa shape index (κ1) is 37.6. The summed E-state index contributed by atoms with van der Waals surface area (Å²) in [5.41, 5.74) is 0. The van der Waals surface area contributed by atoms with E-state index in [1.54, 1.807) is 0 Å². The Bertz CT molecular complexity index is 793. The van der Waals surface area contributed by atoms with Gasteiger partial charge >= 0.3 is 11.9 Å². The number of amides is 2. The number of unbranched alkanes of at least 4 members (excludes halogenated alkanes) is 15. The van der Waals surface area contributed by atoms with Gasteiger partial charge in [-0.1, -0.05) is 89.9 Å². The minimum Gasteiger partial charge on any atom is -0.481 e. The van der Waals surface area contributed by atoms with Gasteiger partial charge in [0.2, 0.25) is 11.8 Å². The van der Waals surface area contributed by atoms with Crippen molar-refractivity contribution in [2.75, 3.05) is 6.54 Å². The van der Waals surface area contributed by atoms with Crippen LogP contribution in [0, 0.1) is 11.8 Å². The number of aliphatic carboxylic acids is 2. The second-order valence-electron chi connectivity index (χ2n) is 12.4. The lowest BCUT2D eigenvalue weighted by Crippen LogP contribution is -2.45. The van der Waals surface area contributed by atoms with Crippen molar-refractivity contribution < 1.29 is 34.2 Å². The lowest BCUT2D eigenvalue weighted by molar-refractivity contribution is -0.144. The van der Waals surface area contributed by atoms with Crippen LogP contribution in [0.1, 0.15) is 155 Å². The number of ketones is 1. The van der Waals surface area contributed by atoms with Gasteiger partial charge in [-0.25, -0.2) is 4.79 Å². The molecule has 1 atom stereocenters. The summed E-state index contributed by atoms with van der Waals surface area (Å²) < 4.78 is 0. The highest BCUT2D eigenvalue weighted by molar-refractivity contribution is 5.89. The van der Waals surface area contributed by atoms with Crippen molar-refractivity contribution in [2.24, 2.45) is 11.8 Å². The first-order valence-corrected chi connectivity index (χ1v) is 16.7. The highest BCUT2D eigenvalue weighted by Gasteiger charge is 2.30. The molecule has 0 heterocycles. The van der Waals surface area contributed by atoms with E-state index in [2.05, 4.69) is 10.6 Å². The van der Waals surface area contributed by atoms with E-state index < -0.39 is 18.0 Å². The van der Waals surface area contributed by atoms with Gasteiger partial charge in [-0.3, -0.25) is 19.2 Å². The molecule has 4 N–H and O–H groups in total. The largest absolute Gasteiger partial charge is 0.481 e. The summed E-state index contributed by atoms with van der Waals surface area (Å²) in [5, 5.41) is 23.4. The van der Waals surface area contributed by atoms with E-state index in [1.807, 2.05) is 0 Å². The Morgan fingerprint density at radius 1 is 0.643 bits per heavy atom. The third kappa shape index (κ3) is 20.4. The molecule has 0 spiro atoms. The Kier molecular flexibility index (Phi) is 21.5. The summed E-state index contributed by atoms with van der Waals surface area (Å²) >= 11 is 0. The fourth-order valence-corrected chi connectivity index (χ4v) is 5.79. The number of carbonyl (C=O) groups is 5. The molecule has 0 aromatic rings. The molecule has 0 aromatic carbocycles. The van der Waals surface area contributed by atoms with Crippen molar-refractivity contribution in [3.8, 4) is 0 Å². The van der Waals surface area contributed by atoms with E-state index in [0.717, 1.165) is 44.9 Å². The van der Waals surface area contributed by atoms with Crippen molar-refractivity contribution in [2.45, 2.75) is 161 Å². The first-order valence-electron chi connectivity index (χ1n) is 16.7. The number of carboxylic acid groups (broad SMARTS) is 2. The molecular formula is C33H58N2O7. The van der Waals surface area contributed by atoms with Gasteiger partial charge in [-0.2, -0.15) is 0 Å². The molecule has 9 nitrogen and oxygen atoms in total. The van der Waals surface area contributed by atoms with Crippen LogP contribution < -0.4 is 10.6 Å². The number of rotatable bonds is 26. The minimum atomic E-state index is -1.19. The van der Waals surface area contributed by atoms with Crippen molar-refractivity contribution >= 4 is 29.5 Å². The fourth-order valence-electron chi connectivity index (χ4n) is 5.79. The molecule has 1 saturated carbocycles. The molecule has 242 valence electrons. The summed E-state index contributed by atoms with van der Waals surface area (Å²) in [6.07, 6.45) is 22.7. The van der Waals surface area contributed by atoms with Crippen LogP contribution in [0.3, 0.4) is 0 Å². The number of hydrogen-bond acceptors (Lipinski definition) is 5. The molecule has 0 bridgehead atoms. The highest BCUT2D eigenvalue weighted by Crippen LogP contribution is 2.28. The first-order chi connectivity index (χ1) is 20.2. The van der Waals surface area contributed by atoms with E-state index in [-0.39, 0.29) is 29.9 Å². The fraction of sp³-hybridized carbons (Fsp3) is 0.848. The molecule has 1 aliphatic rings. The van der Waals surface area contributed by atoms with Crippen molar-refractivity contribution in [3.05, 3.63) is 0 Å². The minimum absolute atomic E-state index is 0.0987. The Labute approximate surface area is 253 Å². The lowest BCUT2D eigenvalue weighted by atomic mass is 9.81. The number of nitrogens with one attached hydrogen (secondary N) is 2. The van der Waals surface area contributed by atoms with E-state index in [0.29, 0.717) is 38.1 Å². The Morgan fingerprint density at radius 2 is 1.07 bits per heavy atom. The Balaban J connectivity index is 1.91. The molecule has 2 amide bonds. The smallest absolute Gasteiger partial charge is 0.326 e. The summed E-state index contributed by atoms with van der Waals surface area (Å²) in [7, 11) is 0. The molecule has 0 unspecified atom stereocenters. The molecule has 0 aliphatic heterocycles. The van der Waals surface area contributed by atoms with Crippen LogP contribution in [-0.2, 0) is 24.0 Å². The SMILES string of the molecule is CC(=O)C[C@H](NC(=O)C1CCC(CNC(=O)CCCCCCCCCCCCCCCCCCC(=O)O)CC1)C(=O)O. The van der Waals surface area contributed by atoms with E-state index in [9.17, 15) is 29.1 Å². The zero-order valence-corrected chi connectivity index (χ0v) is 26.1. The van der Waals surface area contributed by atoms with Gasteiger partial charge in [0.25, 0.3) is 0 Å². The lowest BCUT2D eigenvalue weighted by Gasteiger charge is -2.28. The normalized spacial score (nSPS) is 17.4. The van der Waals surface area contributed by atoms with Gasteiger partial charge in [-0.15, -0.1) is 0 Å². The molecule has 9 heteroatoms. The van der Waals surface area contributed by atoms with Crippen molar-refractivity contribution in [1.29, 1.82) is 0 Å². The molecule has 0 saturated heterocycles. The van der Waals surface area contributed by atoms with Crippen LogP contribution in [0.4, 0.5) is 0 Å². The van der Waals surface area contributed by atoms with Gasteiger partial charge in [0.05, 0.1) is 0 Å². The van der Waals surface area contributed by atoms with E-state index >= 15 is 0 Å². The quantitative estimate of drug-likeness (QED) is 0.0828. The zero-order chi connectivity index (χ0) is 31.0. The maximum atomic E-state index is 12.4. The van der Waals surface area contributed by atoms with Gasteiger partial charge < -0.3 is 20.8 Å². The molecule has 42 heavy (non-hydrogen) atoms. The zero-order valence-electron chi connectivity index (χ0n) is 26.1. The van der Waals surface area contributed by atoms with Crippen LogP contribution in [0.25, 0.3) is 0 Å². The van der Waals surface area contributed by atoms with Crippen molar-refractivity contribution in [3.63, 3.8) is 0 Å². The Hall–Kier alpha value is -2.45. The van der Waals surface area contributed by atoms with Crippen LogP contribution in [0.15, 0.2) is 0 Å². The maximum absolute atomic E-state index is 12.4. The number of carbonyl (C=O) groups excluding carboxylic acids is 3. The molecule has 1 fully saturated rings. The summed E-state index contributed by atoms with van der Waals surface area (Å²) in [5.74, 6) is -2.24. The van der Waals surface area contributed by atoms with Crippen LogP contribution in [0.2, 0.25) is 0 Å². The topological polar surface area (TPSA) is 150 Å².